The van der Waals surface area contributed by atoms with E-state index in [1.165, 1.54) is 18.6 Å². The second-order valence-corrected chi connectivity index (χ2v) is 8.02. The van der Waals surface area contributed by atoms with Gasteiger partial charge in [0.2, 0.25) is 0 Å². The van der Waals surface area contributed by atoms with Crippen molar-refractivity contribution in [1.82, 2.24) is 24.6 Å². The lowest BCUT2D eigenvalue weighted by atomic mass is 10.0. The number of aromatic nitrogens is 4. The van der Waals surface area contributed by atoms with Crippen molar-refractivity contribution in [3.05, 3.63) is 60.9 Å². The molecule has 1 N–H and O–H groups in total. The van der Waals surface area contributed by atoms with E-state index in [9.17, 15) is 9.59 Å². The fourth-order valence-electron chi connectivity index (χ4n) is 4.58. The highest BCUT2D eigenvalue weighted by molar-refractivity contribution is 5.86. The van der Waals surface area contributed by atoms with Crippen LogP contribution in [0.25, 0.3) is 11.1 Å². The number of carboxylic acid groups (broad SMARTS) is 1. The highest BCUT2D eigenvalue weighted by Crippen LogP contribution is 2.40. The number of carboxylic acids is 1. The first-order chi connectivity index (χ1) is 15.1. The minimum Gasteiger partial charge on any atom is -0.490 e. The number of benzene rings is 1. The maximum absolute atomic E-state index is 12.7. The number of hydrogen-bond donors (Lipinski definition) is 1. The summed E-state index contributed by atoms with van der Waals surface area (Å²) in [5.41, 5.74) is 1.81. The molecule has 3 aromatic rings. The Balaban J connectivity index is 1.20. The van der Waals surface area contributed by atoms with Crippen LogP contribution in [0.4, 0.5) is 4.79 Å². The largest absolute Gasteiger partial charge is 0.490 e. The van der Waals surface area contributed by atoms with Crippen LogP contribution in [0, 0.1) is 11.8 Å². The number of likely N-dealkylation sites (tertiary alicyclic amines) is 1. The highest BCUT2D eigenvalue weighted by Gasteiger charge is 2.43. The van der Waals surface area contributed by atoms with Crippen LogP contribution in [0.2, 0.25) is 0 Å². The molecule has 31 heavy (non-hydrogen) atoms. The van der Waals surface area contributed by atoms with Crippen molar-refractivity contribution < 1.29 is 19.4 Å². The quantitative estimate of drug-likeness (QED) is 0.692. The summed E-state index contributed by atoms with van der Waals surface area (Å²) in [5, 5.41) is 12.8. The molecule has 0 bridgehead atoms. The molecule has 2 aliphatic rings. The molecule has 1 saturated carbocycles. The van der Waals surface area contributed by atoms with Crippen molar-refractivity contribution in [3.63, 3.8) is 0 Å². The number of rotatable bonds is 4. The van der Waals surface area contributed by atoms with E-state index < -0.39 is 5.97 Å². The summed E-state index contributed by atoms with van der Waals surface area (Å²) in [6, 6.07) is 8.97. The fraction of sp³-hybridized carbons (Fsp3) is 0.318. The second kappa shape index (κ2) is 7.82. The van der Waals surface area contributed by atoms with Gasteiger partial charge in [-0.2, -0.15) is 9.78 Å². The molecule has 1 aromatic carbocycles. The number of carbonyl (C=O) groups excluding carboxylic acids is 1. The van der Waals surface area contributed by atoms with Gasteiger partial charge < -0.3 is 14.7 Å². The van der Waals surface area contributed by atoms with E-state index in [0.29, 0.717) is 24.9 Å². The number of amides is 1. The molecule has 1 aliphatic heterocycles. The van der Waals surface area contributed by atoms with Crippen molar-refractivity contribution in [1.29, 1.82) is 0 Å². The normalized spacial score (nSPS) is 22.3. The Hall–Kier alpha value is -3.75. The Labute approximate surface area is 178 Å². The van der Waals surface area contributed by atoms with Crippen LogP contribution in [0.3, 0.4) is 0 Å². The molecule has 3 atom stereocenters. The third kappa shape index (κ3) is 3.86. The summed E-state index contributed by atoms with van der Waals surface area (Å²) in [4.78, 5) is 33.5. The van der Waals surface area contributed by atoms with Gasteiger partial charge in [0.1, 0.15) is 12.1 Å². The summed E-state index contributed by atoms with van der Waals surface area (Å²) in [5.74, 6) is 0.411. The Morgan fingerprint density at radius 2 is 1.77 bits per heavy atom. The van der Waals surface area contributed by atoms with Gasteiger partial charge in [-0.05, 0) is 48.4 Å². The summed E-state index contributed by atoms with van der Waals surface area (Å²) in [7, 11) is 0. The third-order valence-electron chi connectivity index (χ3n) is 6.01. The Bertz CT molecular complexity index is 1100. The molecule has 9 nitrogen and oxygen atoms in total. The number of carbonyl (C=O) groups is 2. The van der Waals surface area contributed by atoms with Gasteiger partial charge in [0, 0.05) is 37.2 Å². The van der Waals surface area contributed by atoms with Gasteiger partial charge in [-0.15, -0.1) is 0 Å². The molecule has 1 aliphatic carbocycles. The zero-order valence-electron chi connectivity index (χ0n) is 16.7. The molecule has 158 valence electrons. The van der Waals surface area contributed by atoms with Gasteiger partial charge in [-0.25, -0.2) is 19.6 Å². The monoisotopic (exact) mass is 419 g/mol. The number of aromatic carboxylic acids is 1. The number of nitrogens with zero attached hydrogens (tertiary/aromatic N) is 5. The zero-order valence-corrected chi connectivity index (χ0v) is 16.7. The molecule has 0 spiro atoms. The van der Waals surface area contributed by atoms with E-state index in [2.05, 4.69) is 15.1 Å². The number of ether oxygens (including phenoxy) is 1. The molecule has 0 radical (unpaired) electrons. The molecule has 2 fully saturated rings. The first-order valence-electron chi connectivity index (χ1n) is 10.2. The lowest BCUT2D eigenvalue weighted by Crippen LogP contribution is -2.34. The zero-order chi connectivity index (χ0) is 21.4. The van der Waals surface area contributed by atoms with Gasteiger partial charge in [0.25, 0.3) is 0 Å². The van der Waals surface area contributed by atoms with Gasteiger partial charge in [0.15, 0.2) is 5.69 Å². The molecule has 9 heteroatoms. The topological polar surface area (TPSA) is 110 Å². The number of fused-ring (bicyclic) bond motifs is 1. The van der Waals surface area contributed by atoms with Crippen molar-refractivity contribution >= 4 is 12.0 Å². The van der Waals surface area contributed by atoms with Gasteiger partial charge in [-0.1, -0.05) is 12.1 Å². The van der Waals surface area contributed by atoms with Crippen LogP contribution in [0.5, 0.6) is 5.75 Å². The van der Waals surface area contributed by atoms with Crippen molar-refractivity contribution in [2.24, 2.45) is 11.8 Å². The molecule has 3 heterocycles. The standard InChI is InChI=1S/C22H21N5O4/c28-21(29)20-4-5-27(25-20)22(30)26-11-15-7-19(8-16(15)12-26)31-18-3-1-2-14(6-18)17-9-23-13-24-10-17/h1-6,9-10,13,15-16,19H,7-8,11-12H2,(H,28,29)/t15-,16?,19?/m1/s1. The van der Waals surface area contributed by atoms with E-state index in [0.717, 1.165) is 34.4 Å². The van der Waals surface area contributed by atoms with E-state index >= 15 is 0 Å². The van der Waals surface area contributed by atoms with Crippen LogP contribution >= 0.6 is 0 Å². The van der Waals surface area contributed by atoms with Crippen LogP contribution in [0.1, 0.15) is 23.3 Å². The summed E-state index contributed by atoms with van der Waals surface area (Å²) in [6.45, 7) is 1.26. The van der Waals surface area contributed by atoms with E-state index in [-0.39, 0.29) is 17.8 Å². The maximum atomic E-state index is 12.7. The molecule has 5 rings (SSSR count). The molecule has 2 aromatic heterocycles. The maximum Gasteiger partial charge on any atom is 0.356 e. The van der Waals surface area contributed by atoms with E-state index in [1.807, 2.05) is 24.3 Å². The first-order valence-corrected chi connectivity index (χ1v) is 10.2. The molecule has 2 unspecified atom stereocenters. The molecular weight excluding hydrogens is 398 g/mol. The van der Waals surface area contributed by atoms with E-state index in [1.54, 1.807) is 17.3 Å². The van der Waals surface area contributed by atoms with Crippen molar-refractivity contribution in [2.45, 2.75) is 18.9 Å². The average Bonchev–Trinajstić information content (AvgIpc) is 3.49. The summed E-state index contributed by atoms with van der Waals surface area (Å²) >= 11 is 0. The van der Waals surface area contributed by atoms with Crippen LogP contribution in [-0.2, 0) is 0 Å². The smallest absolute Gasteiger partial charge is 0.356 e. The first kappa shape index (κ1) is 19.2. The Morgan fingerprint density at radius 1 is 1.03 bits per heavy atom. The van der Waals surface area contributed by atoms with Gasteiger partial charge in [0.05, 0.1) is 6.10 Å². The lowest BCUT2D eigenvalue weighted by Gasteiger charge is -2.20. The molecule has 1 saturated heterocycles. The highest BCUT2D eigenvalue weighted by atomic mass is 16.5. The second-order valence-electron chi connectivity index (χ2n) is 8.02. The minimum absolute atomic E-state index is 0.109. The summed E-state index contributed by atoms with van der Waals surface area (Å²) < 4.78 is 7.37. The van der Waals surface area contributed by atoms with Gasteiger partial charge in [-0.3, -0.25) is 0 Å². The predicted octanol–water partition coefficient (Wildman–Crippen LogP) is 2.80. The SMILES string of the molecule is O=C(O)c1ccn(C(=O)N2CC3CC(Oc4cccc(-c5cncnc5)c4)C[C@@H]3C2)n1. The van der Waals surface area contributed by atoms with Crippen molar-refractivity contribution in [3.8, 4) is 16.9 Å². The van der Waals surface area contributed by atoms with E-state index in [4.69, 9.17) is 9.84 Å². The minimum atomic E-state index is -1.14. The third-order valence-corrected chi connectivity index (χ3v) is 6.01. The lowest BCUT2D eigenvalue weighted by molar-refractivity contribution is 0.0690. The summed E-state index contributed by atoms with van der Waals surface area (Å²) in [6.07, 6.45) is 8.33. The van der Waals surface area contributed by atoms with Crippen molar-refractivity contribution in [2.75, 3.05) is 13.1 Å². The predicted molar refractivity (Wildman–Crippen MR) is 110 cm³/mol. The van der Waals surface area contributed by atoms with Crippen LogP contribution in [-0.4, -0.2) is 60.9 Å². The van der Waals surface area contributed by atoms with Crippen LogP contribution < -0.4 is 4.74 Å². The molecule has 1 amide bonds. The average molecular weight is 419 g/mol. The Kier molecular flexibility index (Phi) is 4.85. The molecular formula is C22H21N5O4. The number of hydrogen-bond acceptors (Lipinski definition) is 6. The van der Waals surface area contributed by atoms with Gasteiger partial charge >= 0.3 is 12.0 Å². The Morgan fingerprint density at radius 3 is 2.45 bits per heavy atom. The van der Waals surface area contributed by atoms with Crippen LogP contribution in [0.15, 0.2) is 55.2 Å². The fourth-order valence-corrected chi connectivity index (χ4v) is 4.58.